The lowest BCUT2D eigenvalue weighted by Crippen LogP contribution is -2.41. The molecule has 1 fully saturated rings. The zero-order valence-electron chi connectivity index (χ0n) is 10.4. The molecule has 1 aliphatic heterocycles. The third-order valence-corrected chi connectivity index (χ3v) is 2.68. The van der Waals surface area contributed by atoms with Crippen molar-refractivity contribution in [2.75, 3.05) is 6.54 Å². The van der Waals surface area contributed by atoms with E-state index in [1.165, 1.54) is 12.8 Å². The minimum atomic E-state index is -0.386. The first-order valence-electron chi connectivity index (χ1n) is 5.90. The molecule has 1 amide bonds. The van der Waals surface area contributed by atoms with Crippen molar-refractivity contribution >= 4 is 6.09 Å². The van der Waals surface area contributed by atoms with Gasteiger partial charge in [-0.05, 0) is 40.5 Å². The Bertz CT molecular complexity index is 220. The van der Waals surface area contributed by atoms with E-state index in [0.717, 1.165) is 19.4 Å². The topological polar surface area (TPSA) is 29.5 Å². The van der Waals surface area contributed by atoms with E-state index in [4.69, 9.17) is 4.74 Å². The average Bonchev–Trinajstić information content (AvgIpc) is 2.26. The Balaban J connectivity index is 2.56. The molecule has 0 radical (unpaired) electrons. The molecule has 0 saturated carbocycles. The van der Waals surface area contributed by atoms with Crippen LogP contribution in [0, 0.1) is 0 Å². The summed E-state index contributed by atoms with van der Waals surface area (Å²) in [6, 6.07) is 0.322. The second-order valence-corrected chi connectivity index (χ2v) is 5.37. The first-order chi connectivity index (χ1) is 6.90. The average molecular weight is 213 g/mol. The molecule has 0 aliphatic carbocycles. The number of carbonyl (C=O) groups excluding carboxylic acids is 1. The molecule has 0 aromatic heterocycles. The van der Waals surface area contributed by atoms with Crippen LogP contribution >= 0.6 is 0 Å². The van der Waals surface area contributed by atoms with Crippen molar-refractivity contribution in [2.45, 2.75) is 65.0 Å². The second kappa shape index (κ2) is 4.86. The van der Waals surface area contributed by atoms with Crippen molar-refractivity contribution in [1.29, 1.82) is 0 Å². The molecule has 0 spiro atoms. The van der Waals surface area contributed by atoms with Gasteiger partial charge >= 0.3 is 6.09 Å². The highest BCUT2D eigenvalue weighted by Gasteiger charge is 2.26. The largest absolute Gasteiger partial charge is 0.444 e. The van der Waals surface area contributed by atoms with E-state index in [1.807, 2.05) is 25.7 Å². The number of rotatable bonds is 0. The van der Waals surface area contributed by atoms with Gasteiger partial charge in [0, 0.05) is 12.6 Å². The van der Waals surface area contributed by atoms with Crippen LogP contribution in [0.2, 0.25) is 0 Å². The summed E-state index contributed by atoms with van der Waals surface area (Å²) >= 11 is 0. The molecule has 1 rings (SSSR count). The minimum absolute atomic E-state index is 0.156. The lowest BCUT2D eigenvalue weighted by molar-refractivity contribution is 0.0183. The van der Waals surface area contributed by atoms with E-state index < -0.39 is 0 Å². The van der Waals surface area contributed by atoms with Crippen LogP contribution in [-0.4, -0.2) is 29.2 Å². The van der Waals surface area contributed by atoms with E-state index in [9.17, 15) is 4.79 Å². The van der Waals surface area contributed by atoms with E-state index in [-0.39, 0.29) is 11.7 Å². The maximum absolute atomic E-state index is 11.9. The molecule has 1 atom stereocenters. The first-order valence-corrected chi connectivity index (χ1v) is 5.90. The number of ether oxygens (including phenoxy) is 1. The SMILES string of the molecule is CC1CCCCCN1C(=O)OC(C)(C)C. The lowest BCUT2D eigenvalue weighted by atomic mass is 10.1. The molecule has 15 heavy (non-hydrogen) atoms. The van der Waals surface area contributed by atoms with Crippen LogP contribution in [0.1, 0.15) is 53.4 Å². The van der Waals surface area contributed by atoms with Crippen LogP contribution in [-0.2, 0) is 4.74 Å². The quantitative estimate of drug-likeness (QED) is 0.618. The predicted octanol–water partition coefficient (Wildman–Crippen LogP) is 3.19. The number of hydrogen-bond donors (Lipinski definition) is 0. The molecular weight excluding hydrogens is 190 g/mol. The van der Waals surface area contributed by atoms with Crippen LogP contribution in [0.4, 0.5) is 4.79 Å². The number of amides is 1. The van der Waals surface area contributed by atoms with Crippen molar-refractivity contribution < 1.29 is 9.53 Å². The number of nitrogens with zero attached hydrogens (tertiary/aromatic N) is 1. The highest BCUT2D eigenvalue weighted by Crippen LogP contribution is 2.19. The Morgan fingerprint density at radius 3 is 2.53 bits per heavy atom. The summed E-state index contributed by atoms with van der Waals surface area (Å²) in [6.07, 6.45) is 4.49. The number of likely N-dealkylation sites (tertiary alicyclic amines) is 1. The van der Waals surface area contributed by atoms with Crippen LogP contribution in [0.15, 0.2) is 0 Å². The van der Waals surface area contributed by atoms with Gasteiger partial charge in [0.15, 0.2) is 0 Å². The summed E-state index contributed by atoms with van der Waals surface area (Å²) < 4.78 is 5.39. The van der Waals surface area contributed by atoms with E-state index >= 15 is 0 Å². The molecule has 1 unspecified atom stereocenters. The van der Waals surface area contributed by atoms with Gasteiger partial charge in [-0.2, -0.15) is 0 Å². The van der Waals surface area contributed by atoms with Gasteiger partial charge in [-0.15, -0.1) is 0 Å². The van der Waals surface area contributed by atoms with E-state index in [2.05, 4.69) is 6.92 Å². The molecule has 1 heterocycles. The number of carbonyl (C=O) groups is 1. The normalized spacial score (nSPS) is 23.5. The molecule has 3 heteroatoms. The van der Waals surface area contributed by atoms with Crippen LogP contribution in [0.3, 0.4) is 0 Å². The maximum atomic E-state index is 11.9. The van der Waals surface area contributed by atoms with Crippen molar-refractivity contribution in [2.24, 2.45) is 0 Å². The zero-order chi connectivity index (χ0) is 11.5. The highest BCUT2D eigenvalue weighted by molar-refractivity contribution is 5.68. The Hall–Kier alpha value is -0.730. The number of hydrogen-bond acceptors (Lipinski definition) is 2. The van der Waals surface area contributed by atoms with Gasteiger partial charge < -0.3 is 9.64 Å². The summed E-state index contributed by atoms with van der Waals surface area (Å²) in [5.74, 6) is 0. The fraction of sp³-hybridized carbons (Fsp3) is 0.917. The standard InChI is InChI=1S/C12H23NO2/c1-10-8-6-5-7-9-13(10)11(14)15-12(2,3)4/h10H,5-9H2,1-4H3. The van der Waals surface area contributed by atoms with Crippen LogP contribution in [0.25, 0.3) is 0 Å². The molecule has 0 bridgehead atoms. The summed E-state index contributed by atoms with van der Waals surface area (Å²) in [5, 5.41) is 0. The first kappa shape index (κ1) is 12.3. The Labute approximate surface area is 92.8 Å². The molecule has 0 N–H and O–H groups in total. The Morgan fingerprint density at radius 1 is 1.27 bits per heavy atom. The summed E-state index contributed by atoms with van der Waals surface area (Å²) in [4.78, 5) is 13.8. The molecule has 0 aromatic rings. The van der Waals surface area contributed by atoms with E-state index in [1.54, 1.807) is 0 Å². The van der Waals surface area contributed by atoms with Gasteiger partial charge in [-0.1, -0.05) is 12.8 Å². The minimum Gasteiger partial charge on any atom is -0.444 e. The van der Waals surface area contributed by atoms with Crippen molar-refractivity contribution in [3.05, 3.63) is 0 Å². The Kier molecular flexibility index (Phi) is 4.00. The third kappa shape index (κ3) is 4.10. The van der Waals surface area contributed by atoms with Crippen LogP contribution in [0.5, 0.6) is 0 Å². The van der Waals surface area contributed by atoms with Gasteiger partial charge in [0.25, 0.3) is 0 Å². The van der Waals surface area contributed by atoms with Gasteiger partial charge in [0.05, 0.1) is 0 Å². The summed E-state index contributed by atoms with van der Waals surface area (Å²) in [5.41, 5.74) is -0.386. The molecular formula is C12H23NO2. The third-order valence-electron chi connectivity index (χ3n) is 2.68. The highest BCUT2D eigenvalue weighted by atomic mass is 16.6. The fourth-order valence-corrected chi connectivity index (χ4v) is 1.87. The smallest absolute Gasteiger partial charge is 0.410 e. The van der Waals surface area contributed by atoms with Crippen molar-refractivity contribution in [1.82, 2.24) is 4.90 Å². The summed E-state index contributed by atoms with van der Waals surface area (Å²) in [6.45, 7) is 8.68. The second-order valence-electron chi connectivity index (χ2n) is 5.37. The monoisotopic (exact) mass is 213 g/mol. The van der Waals surface area contributed by atoms with Gasteiger partial charge in [-0.25, -0.2) is 4.79 Å². The van der Waals surface area contributed by atoms with Crippen molar-refractivity contribution in [3.63, 3.8) is 0 Å². The van der Waals surface area contributed by atoms with E-state index in [0.29, 0.717) is 6.04 Å². The van der Waals surface area contributed by atoms with Gasteiger partial charge in [-0.3, -0.25) is 0 Å². The van der Waals surface area contributed by atoms with Crippen molar-refractivity contribution in [3.8, 4) is 0 Å². The molecule has 88 valence electrons. The molecule has 1 aliphatic rings. The Morgan fingerprint density at radius 2 is 1.93 bits per heavy atom. The molecule has 1 saturated heterocycles. The lowest BCUT2D eigenvalue weighted by Gasteiger charge is -2.30. The fourth-order valence-electron chi connectivity index (χ4n) is 1.87. The molecule has 0 aromatic carbocycles. The predicted molar refractivity (Wildman–Crippen MR) is 60.9 cm³/mol. The summed E-state index contributed by atoms with van der Waals surface area (Å²) in [7, 11) is 0. The molecule has 3 nitrogen and oxygen atoms in total. The van der Waals surface area contributed by atoms with Gasteiger partial charge in [0.1, 0.15) is 5.60 Å². The maximum Gasteiger partial charge on any atom is 0.410 e. The zero-order valence-corrected chi connectivity index (χ0v) is 10.4. The van der Waals surface area contributed by atoms with Gasteiger partial charge in [0.2, 0.25) is 0 Å². The van der Waals surface area contributed by atoms with Crippen LogP contribution < -0.4 is 0 Å².